The fourth-order valence-electron chi connectivity index (χ4n) is 4.31. The predicted octanol–water partition coefficient (Wildman–Crippen LogP) is 3.75. The van der Waals surface area contributed by atoms with Gasteiger partial charge in [0.2, 0.25) is 0 Å². The van der Waals surface area contributed by atoms with Crippen LogP contribution in [0.5, 0.6) is 11.5 Å². The Morgan fingerprint density at radius 1 is 0.793 bits per heavy atom. The Hall–Kier alpha value is -3.28. The lowest BCUT2D eigenvalue weighted by atomic mass is 9.99. The molecule has 0 atom stereocenters. The highest BCUT2D eigenvalue weighted by Gasteiger charge is 2.24. The van der Waals surface area contributed by atoms with Crippen molar-refractivity contribution in [1.29, 1.82) is 0 Å². The van der Waals surface area contributed by atoms with Crippen molar-refractivity contribution >= 4 is 17.3 Å². The molecule has 3 heterocycles. The van der Waals surface area contributed by atoms with E-state index in [9.17, 15) is 0 Å². The number of hydrogen-bond acceptors (Lipinski definition) is 6. The molecule has 0 radical (unpaired) electrons. The molecule has 0 saturated carbocycles. The molecule has 1 aromatic heterocycles. The van der Waals surface area contributed by atoms with Gasteiger partial charge in [0, 0.05) is 31.4 Å². The lowest BCUT2D eigenvalue weighted by Crippen LogP contribution is -2.31. The summed E-state index contributed by atoms with van der Waals surface area (Å²) in [6.45, 7) is 2.66. The van der Waals surface area contributed by atoms with Gasteiger partial charge in [-0.2, -0.15) is 0 Å². The quantitative estimate of drug-likeness (QED) is 0.679. The SMILES string of the molecule is COc1cc2c(cc1OC)CN(c1cc(N3CCc4ccccc43)ncn1)CC2. The standard InChI is InChI=1S/C23H24N4O2/c1-28-20-11-17-7-9-26(14-18(17)12-21(20)29-2)22-13-23(25-15-24-22)27-10-8-16-5-3-4-6-19(16)27/h3-6,11-13,15H,7-10,14H2,1-2H3. The zero-order valence-electron chi connectivity index (χ0n) is 16.8. The number of fused-ring (bicyclic) bond motifs is 2. The zero-order valence-corrected chi connectivity index (χ0v) is 16.8. The first-order valence-corrected chi connectivity index (χ1v) is 9.93. The third-order valence-corrected chi connectivity index (χ3v) is 5.84. The molecule has 5 rings (SSSR count). The molecule has 3 aromatic rings. The highest BCUT2D eigenvalue weighted by molar-refractivity contribution is 5.69. The second-order valence-electron chi connectivity index (χ2n) is 7.41. The highest BCUT2D eigenvalue weighted by Crippen LogP contribution is 2.36. The summed E-state index contributed by atoms with van der Waals surface area (Å²) >= 11 is 0. The molecule has 0 bridgehead atoms. The fourth-order valence-corrected chi connectivity index (χ4v) is 4.31. The lowest BCUT2D eigenvalue weighted by molar-refractivity contribution is 0.353. The smallest absolute Gasteiger partial charge is 0.161 e. The van der Waals surface area contributed by atoms with E-state index in [0.717, 1.165) is 55.6 Å². The molecule has 2 aliphatic rings. The normalized spacial score (nSPS) is 15.1. The minimum atomic E-state index is 0.769. The van der Waals surface area contributed by atoms with Crippen LogP contribution in [0, 0.1) is 0 Å². The maximum Gasteiger partial charge on any atom is 0.161 e. The van der Waals surface area contributed by atoms with Gasteiger partial charge in [0.1, 0.15) is 18.0 Å². The largest absolute Gasteiger partial charge is 0.493 e. The summed E-state index contributed by atoms with van der Waals surface area (Å²) in [5.74, 6) is 3.47. The second-order valence-corrected chi connectivity index (χ2v) is 7.41. The van der Waals surface area contributed by atoms with Gasteiger partial charge in [-0.15, -0.1) is 0 Å². The van der Waals surface area contributed by atoms with E-state index in [1.165, 1.54) is 22.4 Å². The van der Waals surface area contributed by atoms with Gasteiger partial charge < -0.3 is 19.3 Å². The number of ether oxygens (including phenoxy) is 2. The summed E-state index contributed by atoms with van der Waals surface area (Å²) in [5, 5.41) is 0. The van der Waals surface area contributed by atoms with E-state index in [-0.39, 0.29) is 0 Å². The molecule has 6 heteroatoms. The van der Waals surface area contributed by atoms with E-state index in [4.69, 9.17) is 9.47 Å². The Bertz CT molecular complexity index is 1050. The minimum Gasteiger partial charge on any atom is -0.493 e. The van der Waals surface area contributed by atoms with Crippen molar-refractivity contribution in [3.8, 4) is 11.5 Å². The van der Waals surface area contributed by atoms with E-state index < -0.39 is 0 Å². The Morgan fingerprint density at radius 3 is 2.34 bits per heavy atom. The van der Waals surface area contributed by atoms with Crippen LogP contribution in [0.4, 0.5) is 17.3 Å². The zero-order chi connectivity index (χ0) is 19.8. The van der Waals surface area contributed by atoms with Gasteiger partial charge in [-0.3, -0.25) is 0 Å². The molecule has 2 aromatic carbocycles. The first-order valence-electron chi connectivity index (χ1n) is 9.93. The van der Waals surface area contributed by atoms with Crippen LogP contribution in [0.25, 0.3) is 0 Å². The Labute approximate surface area is 170 Å². The van der Waals surface area contributed by atoms with Crippen molar-refractivity contribution in [3.05, 3.63) is 65.5 Å². The van der Waals surface area contributed by atoms with Crippen molar-refractivity contribution < 1.29 is 9.47 Å². The van der Waals surface area contributed by atoms with Crippen molar-refractivity contribution in [2.45, 2.75) is 19.4 Å². The molecule has 0 amide bonds. The first kappa shape index (κ1) is 17.8. The third-order valence-electron chi connectivity index (χ3n) is 5.84. The van der Waals surface area contributed by atoms with Crippen LogP contribution in [-0.4, -0.2) is 37.3 Å². The highest BCUT2D eigenvalue weighted by atomic mass is 16.5. The van der Waals surface area contributed by atoms with E-state index >= 15 is 0 Å². The number of nitrogens with zero attached hydrogens (tertiary/aromatic N) is 4. The predicted molar refractivity (Wildman–Crippen MR) is 113 cm³/mol. The van der Waals surface area contributed by atoms with Crippen molar-refractivity contribution in [1.82, 2.24) is 9.97 Å². The van der Waals surface area contributed by atoms with Gasteiger partial charge in [-0.25, -0.2) is 9.97 Å². The van der Waals surface area contributed by atoms with Crippen molar-refractivity contribution in [2.75, 3.05) is 37.1 Å². The summed E-state index contributed by atoms with van der Waals surface area (Å²) in [7, 11) is 3.35. The van der Waals surface area contributed by atoms with E-state index in [0.29, 0.717) is 0 Å². The number of aromatic nitrogens is 2. The minimum absolute atomic E-state index is 0.769. The summed E-state index contributed by atoms with van der Waals surface area (Å²) in [6, 6.07) is 14.8. The van der Waals surface area contributed by atoms with Gasteiger partial charge in [0.25, 0.3) is 0 Å². The molecular weight excluding hydrogens is 364 g/mol. The van der Waals surface area contributed by atoms with Crippen LogP contribution in [0.2, 0.25) is 0 Å². The number of hydrogen-bond donors (Lipinski definition) is 0. The lowest BCUT2D eigenvalue weighted by Gasteiger charge is -2.31. The number of benzene rings is 2. The average molecular weight is 388 g/mol. The summed E-state index contributed by atoms with van der Waals surface area (Å²) in [4.78, 5) is 13.7. The van der Waals surface area contributed by atoms with Gasteiger partial charge in [-0.1, -0.05) is 18.2 Å². The van der Waals surface area contributed by atoms with Gasteiger partial charge in [-0.05, 0) is 47.7 Å². The van der Waals surface area contributed by atoms with Crippen LogP contribution in [-0.2, 0) is 19.4 Å². The summed E-state index contributed by atoms with van der Waals surface area (Å²) in [6.07, 6.45) is 3.67. The molecule has 0 aliphatic carbocycles. The molecule has 6 nitrogen and oxygen atoms in total. The average Bonchev–Trinajstić information content (AvgIpc) is 3.22. The molecule has 29 heavy (non-hydrogen) atoms. The van der Waals surface area contributed by atoms with Crippen LogP contribution in [0.3, 0.4) is 0 Å². The molecule has 0 spiro atoms. The van der Waals surface area contributed by atoms with Crippen LogP contribution in [0.1, 0.15) is 16.7 Å². The van der Waals surface area contributed by atoms with Crippen LogP contribution >= 0.6 is 0 Å². The Balaban J connectivity index is 1.43. The summed E-state index contributed by atoms with van der Waals surface area (Å²) in [5.41, 5.74) is 5.18. The molecule has 148 valence electrons. The molecule has 2 aliphatic heterocycles. The van der Waals surface area contributed by atoms with E-state index in [2.05, 4.69) is 62.2 Å². The van der Waals surface area contributed by atoms with E-state index in [1.54, 1.807) is 20.5 Å². The Morgan fingerprint density at radius 2 is 1.52 bits per heavy atom. The van der Waals surface area contributed by atoms with Crippen molar-refractivity contribution in [2.24, 2.45) is 0 Å². The maximum atomic E-state index is 5.49. The fraction of sp³-hybridized carbons (Fsp3) is 0.304. The Kier molecular flexibility index (Phi) is 4.46. The number of rotatable bonds is 4. The third kappa shape index (κ3) is 3.14. The number of anilines is 3. The molecule has 0 unspecified atom stereocenters. The topological polar surface area (TPSA) is 50.7 Å². The number of methoxy groups -OCH3 is 2. The van der Waals surface area contributed by atoms with Crippen LogP contribution < -0.4 is 19.3 Å². The first-order chi connectivity index (χ1) is 14.3. The molecule has 0 saturated heterocycles. The number of para-hydroxylation sites is 1. The van der Waals surface area contributed by atoms with Gasteiger partial charge in [0.15, 0.2) is 11.5 Å². The summed E-state index contributed by atoms with van der Waals surface area (Å²) < 4.78 is 10.9. The van der Waals surface area contributed by atoms with Crippen LogP contribution in [0.15, 0.2) is 48.8 Å². The maximum absolute atomic E-state index is 5.49. The monoisotopic (exact) mass is 388 g/mol. The van der Waals surface area contributed by atoms with E-state index in [1.807, 2.05) is 0 Å². The van der Waals surface area contributed by atoms with Gasteiger partial charge >= 0.3 is 0 Å². The molecular formula is C23H24N4O2. The van der Waals surface area contributed by atoms with Crippen molar-refractivity contribution in [3.63, 3.8) is 0 Å². The van der Waals surface area contributed by atoms with Gasteiger partial charge in [0.05, 0.1) is 14.2 Å². The molecule has 0 fully saturated rings. The molecule has 0 N–H and O–H groups in total. The second kappa shape index (κ2) is 7.28.